The predicted octanol–water partition coefficient (Wildman–Crippen LogP) is 3.16. The molecule has 0 heteroatoms. The maximum absolute atomic E-state index is 3.96. The van der Waals surface area contributed by atoms with E-state index in [2.05, 4.69) is 32.6 Å². The summed E-state index contributed by atoms with van der Waals surface area (Å²) in [6.45, 7) is 8.39. The van der Waals surface area contributed by atoms with Crippen LogP contribution in [-0.4, -0.2) is 0 Å². The van der Waals surface area contributed by atoms with Crippen LogP contribution < -0.4 is 0 Å². The highest BCUT2D eigenvalue weighted by Gasteiger charge is 2.13. The Balaban J connectivity index is 2.55. The maximum atomic E-state index is 3.96. The second kappa shape index (κ2) is 3.05. The van der Waals surface area contributed by atoms with Crippen molar-refractivity contribution in [3.8, 4) is 0 Å². The Morgan fingerprint density at radius 1 is 1.60 bits per heavy atom. The summed E-state index contributed by atoms with van der Waals surface area (Å²) in [7, 11) is 0. The predicted molar refractivity (Wildman–Crippen MR) is 45.8 cm³/mol. The van der Waals surface area contributed by atoms with Crippen LogP contribution in [0.5, 0.6) is 0 Å². The molecule has 0 aromatic rings. The summed E-state index contributed by atoms with van der Waals surface area (Å²) in [5.41, 5.74) is 1.31. The standard InChI is InChI=1S/C10H16/c1-8(2)10-6-4-5-9(3)7-10/h4,6,9-10H,1,5,7H2,2-3H3/t9-,10+/m1/s1. The van der Waals surface area contributed by atoms with Gasteiger partial charge in [-0.3, -0.25) is 0 Å². The van der Waals surface area contributed by atoms with E-state index in [1.165, 1.54) is 18.4 Å². The Hall–Kier alpha value is -0.520. The van der Waals surface area contributed by atoms with Crippen LogP contribution in [0.15, 0.2) is 24.3 Å². The first kappa shape index (κ1) is 7.59. The van der Waals surface area contributed by atoms with Crippen molar-refractivity contribution < 1.29 is 0 Å². The highest BCUT2D eigenvalue weighted by Crippen LogP contribution is 2.26. The summed E-state index contributed by atoms with van der Waals surface area (Å²) in [6, 6.07) is 0. The molecule has 0 saturated heterocycles. The van der Waals surface area contributed by atoms with E-state index in [-0.39, 0.29) is 0 Å². The van der Waals surface area contributed by atoms with Gasteiger partial charge in [-0.1, -0.05) is 31.2 Å². The molecule has 2 atom stereocenters. The fourth-order valence-corrected chi connectivity index (χ4v) is 1.45. The topological polar surface area (TPSA) is 0 Å². The van der Waals surface area contributed by atoms with E-state index in [0.29, 0.717) is 5.92 Å². The summed E-state index contributed by atoms with van der Waals surface area (Å²) in [4.78, 5) is 0. The Morgan fingerprint density at radius 3 is 2.70 bits per heavy atom. The van der Waals surface area contributed by atoms with Gasteiger partial charge in [0.25, 0.3) is 0 Å². The first-order valence-corrected chi connectivity index (χ1v) is 4.02. The highest BCUT2D eigenvalue weighted by molar-refractivity contribution is 5.09. The molecule has 0 saturated carbocycles. The molecule has 10 heavy (non-hydrogen) atoms. The smallest absolute Gasteiger partial charge is 0.00261 e. The van der Waals surface area contributed by atoms with Gasteiger partial charge >= 0.3 is 0 Å². The molecule has 1 rings (SSSR count). The van der Waals surface area contributed by atoms with Crippen LogP contribution in [0.25, 0.3) is 0 Å². The molecule has 0 aliphatic heterocycles. The van der Waals surface area contributed by atoms with Gasteiger partial charge < -0.3 is 0 Å². The number of hydrogen-bond acceptors (Lipinski definition) is 0. The molecule has 0 unspecified atom stereocenters. The summed E-state index contributed by atoms with van der Waals surface area (Å²) >= 11 is 0. The van der Waals surface area contributed by atoms with E-state index in [9.17, 15) is 0 Å². The molecule has 0 N–H and O–H groups in total. The van der Waals surface area contributed by atoms with Gasteiger partial charge in [0.2, 0.25) is 0 Å². The molecular formula is C10H16. The molecule has 0 nitrogen and oxygen atoms in total. The van der Waals surface area contributed by atoms with E-state index in [1.807, 2.05) is 0 Å². The van der Waals surface area contributed by atoms with Crippen molar-refractivity contribution in [2.24, 2.45) is 11.8 Å². The molecule has 0 radical (unpaired) electrons. The molecule has 0 fully saturated rings. The lowest BCUT2D eigenvalue weighted by atomic mass is 9.84. The second-order valence-corrected chi connectivity index (χ2v) is 3.46. The van der Waals surface area contributed by atoms with Gasteiger partial charge in [-0.25, -0.2) is 0 Å². The molecule has 0 amide bonds. The van der Waals surface area contributed by atoms with E-state index in [4.69, 9.17) is 0 Å². The van der Waals surface area contributed by atoms with Crippen LogP contribution in [0.1, 0.15) is 26.7 Å². The van der Waals surface area contributed by atoms with Crippen LogP contribution in [-0.2, 0) is 0 Å². The van der Waals surface area contributed by atoms with Crippen molar-refractivity contribution in [2.75, 3.05) is 0 Å². The maximum Gasteiger partial charge on any atom is -0.00261 e. The van der Waals surface area contributed by atoms with Crippen molar-refractivity contribution in [3.05, 3.63) is 24.3 Å². The Morgan fingerprint density at radius 2 is 2.30 bits per heavy atom. The van der Waals surface area contributed by atoms with Gasteiger partial charge in [-0.05, 0) is 31.6 Å². The highest BCUT2D eigenvalue weighted by atomic mass is 14.2. The monoisotopic (exact) mass is 136 g/mol. The molecule has 0 aromatic carbocycles. The van der Waals surface area contributed by atoms with Crippen LogP contribution in [0.3, 0.4) is 0 Å². The first-order valence-electron chi connectivity index (χ1n) is 4.02. The van der Waals surface area contributed by atoms with Crippen LogP contribution in [0, 0.1) is 11.8 Å². The van der Waals surface area contributed by atoms with Gasteiger partial charge in [0.15, 0.2) is 0 Å². The van der Waals surface area contributed by atoms with Crippen LogP contribution >= 0.6 is 0 Å². The number of rotatable bonds is 1. The minimum Gasteiger partial charge on any atom is -0.0995 e. The van der Waals surface area contributed by atoms with Gasteiger partial charge in [0.1, 0.15) is 0 Å². The zero-order chi connectivity index (χ0) is 7.56. The summed E-state index contributed by atoms with van der Waals surface area (Å²) in [5.74, 6) is 1.51. The first-order chi connectivity index (χ1) is 4.70. The van der Waals surface area contributed by atoms with E-state index >= 15 is 0 Å². The van der Waals surface area contributed by atoms with E-state index in [0.717, 1.165) is 5.92 Å². The fourth-order valence-electron chi connectivity index (χ4n) is 1.45. The third-order valence-corrected chi connectivity index (χ3v) is 2.20. The molecule has 0 heterocycles. The minimum atomic E-state index is 0.656. The lowest BCUT2D eigenvalue weighted by Crippen LogP contribution is -2.08. The molecule has 56 valence electrons. The van der Waals surface area contributed by atoms with Gasteiger partial charge in [-0.15, -0.1) is 0 Å². The normalized spacial score (nSPS) is 32.2. The van der Waals surface area contributed by atoms with Crippen molar-refractivity contribution in [2.45, 2.75) is 26.7 Å². The Kier molecular flexibility index (Phi) is 2.31. The molecule has 1 aliphatic carbocycles. The van der Waals surface area contributed by atoms with Crippen molar-refractivity contribution in [1.82, 2.24) is 0 Å². The van der Waals surface area contributed by atoms with Crippen molar-refractivity contribution in [1.29, 1.82) is 0 Å². The number of hydrogen-bond donors (Lipinski definition) is 0. The molecule has 0 aromatic heterocycles. The summed E-state index contributed by atoms with van der Waals surface area (Å²) in [5, 5.41) is 0. The number of allylic oxidation sites excluding steroid dienone is 3. The van der Waals surface area contributed by atoms with E-state index in [1.54, 1.807) is 0 Å². The van der Waals surface area contributed by atoms with E-state index < -0.39 is 0 Å². The van der Waals surface area contributed by atoms with Crippen LogP contribution in [0.2, 0.25) is 0 Å². The average molecular weight is 136 g/mol. The second-order valence-electron chi connectivity index (χ2n) is 3.46. The SMILES string of the molecule is C=C(C)[C@H]1C=CC[C@@H](C)C1. The third-order valence-electron chi connectivity index (χ3n) is 2.20. The quantitative estimate of drug-likeness (QED) is 0.486. The largest absolute Gasteiger partial charge is 0.0995 e. The van der Waals surface area contributed by atoms with Gasteiger partial charge in [-0.2, -0.15) is 0 Å². The van der Waals surface area contributed by atoms with Crippen molar-refractivity contribution >= 4 is 0 Å². The summed E-state index contributed by atoms with van der Waals surface area (Å²) in [6.07, 6.45) is 7.13. The van der Waals surface area contributed by atoms with Gasteiger partial charge in [0, 0.05) is 0 Å². The average Bonchev–Trinajstić information content (AvgIpc) is 1.88. The zero-order valence-corrected chi connectivity index (χ0v) is 6.93. The Labute approximate surface area is 63.6 Å². The fraction of sp³-hybridized carbons (Fsp3) is 0.600. The lowest BCUT2D eigenvalue weighted by Gasteiger charge is -2.21. The van der Waals surface area contributed by atoms with Crippen molar-refractivity contribution in [3.63, 3.8) is 0 Å². The lowest BCUT2D eigenvalue weighted by molar-refractivity contribution is 0.462. The Bertz CT molecular complexity index is 153. The molecule has 0 bridgehead atoms. The molecular weight excluding hydrogens is 120 g/mol. The van der Waals surface area contributed by atoms with Gasteiger partial charge in [0.05, 0.1) is 0 Å². The molecule has 0 spiro atoms. The summed E-state index contributed by atoms with van der Waals surface area (Å²) < 4.78 is 0. The third kappa shape index (κ3) is 1.73. The minimum absolute atomic E-state index is 0.656. The molecule has 1 aliphatic rings. The zero-order valence-electron chi connectivity index (χ0n) is 6.93. The van der Waals surface area contributed by atoms with Crippen LogP contribution in [0.4, 0.5) is 0 Å².